The van der Waals surface area contributed by atoms with Crippen molar-refractivity contribution >= 4 is 51.7 Å². The number of halogens is 1. The Morgan fingerprint density at radius 2 is 2.07 bits per heavy atom. The molecule has 1 N–H and O–H groups in total. The first-order chi connectivity index (χ1) is 14.0. The van der Waals surface area contributed by atoms with Crippen LogP contribution in [0.25, 0.3) is 0 Å². The van der Waals surface area contributed by atoms with Gasteiger partial charge in [-0.3, -0.25) is 14.5 Å². The first-order valence-corrected chi connectivity index (χ1v) is 10.6. The number of carbonyl (C=O) groups is 2. The molecule has 1 aliphatic heterocycles. The van der Waals surface area contributed by atoms with Crippen LogP contribution in [0.2, 0.25) is 5.02 Å². The maximum Gasteiger partial charge on any atom is 0.242 e. The van der Waals surface area contributed by atoms with E-state index in [0.717, 1.165) is 12.1 Å². The third-order valence-corrected chi connectivity index (χ3v) is 5.79. The van der Waals surface area contributed by atoms with Crippen LogP contribution >= 0.6 is 23.4 Å². The molecule has 150 valence electrons. The number of hydrogen-bond acceptors (Lipinski definition) is 4. The van der Waals surface area contributed by atoms with Gasteiger partial charge in [0.25, 0.3) is 0 Å². The van der Waals surface area contributed by atoms with Crippen molar-refractivity contribution in [3.05, 3.63) is 71.8 Å². The quantitative estimate of drug-likeness (QED) is 0.629. The van der Waals surface area contributed by atoms with Crippen molar-refractivity contribution in [2.75, 3.05) is 11.9 Å². The van der Waals surface area contributed by atoms with Gasteiger partial charge in [0.2, 0.25) is 11.8 Å². The third kappa shape index (κ3) is 5.49. The smallest absolute Gasteiger partial charge is 0.242 e. The number of thioether (sulfide) groups is 1. The predicted octanol–water partition coefficient (Wildman–Crippen LogP) is 5.05. The van der Waals surface area contributed by atoms with Crippen molar-refractivity contribution in [3.8, 4) is 0 Å². The number of anilines is 1. The molecule has 1 heterocycles. The third-order valence-electron chi connectivity index (χ3n) is 4.38. The summed E-state index contributed by atoms with van der Waals surface area (Å²) < 4.78 is 0. The van der Waals surface area contributed by atoms with Gasteiger partial charge in [-0.25, -0.2) is 4.99 Å². The molecule has 29 heavy (non-hydrogen) atoms. The Hall–Kier alpha value is -2.57. The van der Waals surface area contributed by atoms with Crippen molar-refractivity contribution in [1.82, 2.24) is 4.90 Å². The molecule has 2 amide bonds. The van der Waals surface area contributed by atoms with Gasteiger partial charge in [0.05, 0.1) is 5.69 Å². The van der Waals surface area contributed by atoms with Crippen LogP contribution in [0.1, 0.15) is 18.9 Å². The van der Waals surface area contributed by atoms with E-state index in [-0.39, 0.29) is 18.2 Å². The summed E-state index contributed by atoms with van der Waals surface area (Å²) in [6.07, 6.45) is 2.66. The van der Waals surface area contributed by atoms with Crippen LogP contribution in [0.3, 0.4) is 0 Å². The summed E-state index contributed by atoms with van der Waals surface area (Å²) in [6, 6.07) is 14.8. The topological polar surface area (TPSA) is 61.8 Å². The number of carbonyl (C=O) groups excluding carboxylic acids is 2. The molecule has 5 nitrogen and oxygen atoms in total. The molecule has 0 aromatic heterocycles. The molecule has 3 rings (SSSR count). The van der Waals surface area contributed by atoms with Gasteiger partial charge in [-0.1, -0.05) is 54.6 Å². The molecular formula is C22H22ClN3O2S. The molecule has 7 heteroatoms. The SMILES string of the molecule is C=CCN1C(=O)C(CC(=O)Nc2cccc(Cl)c2)SC1=Nc1ccc(CC)cc1. The number of rotatable bonds is 7. The molecule has 0 radical (unpaired) electrons. The van der Waals surface area contributed by atoms with Gasteiger partial charge in [0, 0.05) is 23.7 Å². The van der Waals surface area contributed by atoms with Gasteiger partial charge in [-0.15, -0.1) is 6.58 Å². The first-order valence-electron chi connectivity index (χ1n) is 9.32. The number of aliphatic imine (C=N–C) groups is 1. The molecule has 0 aliphatic carbocycles. The second-order valence-electron chi connectivity index (χ2n) is 6.52. The summed E-state index contributed by atoms with van der Waals surface area (Å²) in [6.45, 7) is 6.17. The predicted molar refractivity (Wildman–Crippen MR) is 121 cm³/mol. The monoisotopic (exact) mass is 427 g/mol. The number of nitrogens with zero attached hydrogens (tertiary/aromatic N) is 2. The number of amidine groups is 1. The van der Waals surface area contributed by atoms with E-state index in [0.29, 0.717) is 22.4 Å². The number of hydrogen-bond donors (Lipinski definition) is 1. The van der Waals surface area contributed by atoms with E-state index in [2.05, 4.69) is 23.8 Å². The second kappa shape index (κ2) is 9.76. The minimum absolute atomic E-state index is 0.0530. The normalized spacial score (nSPS) is 17.6. The van der Waals surface area contributed by atoms with Gasteiger partial charge < -0.3 is 5.32 Å². The van der Waals surface area contributed by atoms with E-state index >= 15 is 0 Å². The highest BCUT2D eigenvalue weighted by Crippen LogP contribution is 2.32. The van der Waals surface area contributed by atoms with Gasteiger partial charge in [0.1, 0.15) is 5.25 Å². The van der Waals surface area contributed by atoms with Crippen LogP contribution in [0.5, 0.6) is 0 Å². The van der Waals surface area contributed by atoms with Crippen molar-refractivity contribution in [3.63, 3.8) is 0 Å². The van der Waals surface area contributed by atoms with Crippen LogP contribution in [0.15, 0.2) is 66.2 Å². The van der Waals surface area contributed by atoms with Crippen molar-refractivity contribution in [1.29, 1.82) is 0 Å². The van der Waals surface area contributed by atoms with Gasteiger partial charge >= 0.3 is 0 Å². The maximum atomic E-state index is 12.8. The summed E-state index contributed by atoms with van der Waals surface area (Å²) in [4.78, 5) is 31.4. The molecule has 0 saturated carbocycles. The lowest BCUT2D eigenvalue weighted by Crippen LogP contribution is -2.33. The number of nitrogens with one attached hydrogen (secondary N) is 1. The Morgan fingerprint density at radius 3 is 2.72 bits per heavy atom. The molecular weight excluding hydrogens is 406 g/mol. The molecule has 1 fully saturated rings. The Bertz CT molecular complexity index is 943. The fraction of sp³-hybridized carbons (Fsp3) is 0.227. The summed E-state index contributed by atoms with van der Waals surface area (Å²) in [5.74, 6) is -0.384. The maximum absolute atomic E-state index is 12.8. The summed E-state index contributed by atoms with van der Waals surface area (Å²) in [5.41, 5.74) is 2.60. The fourth-order valence-electron chi connectivity index (χ4n) is 2.89. The summed E-state index contributed by atoms with van der Waals surface area (Å²) >= 11 is 7.25. The van der Waals surface area contributed by atoms with Crippen LogP contribution < -0.4 is 5.32 Å². The summed E-state index contributed by atoms with van der Waals surface area (Å²) in [5, 5.41) is 3.38. The highest BCUT2D eigenvalue weighted by molar-refractivity contribution is 8.15. The van der Waals surface area contributed by atoms with E-state index in [1.165, 1.54) is 17.3 Å². The molecule has 1 atom stereocenters. The molecule has 1 unspecified atom stereocenters. The lowest BCUT2D eigenvalue weighted by atomic mass is 10.2. The van der Waals surface area contributed by atoms with Crippen LogP contribution in [-0.4, -0.2) is 33.7 Å². The second-order valence-corrected chi connectivity index (χ2v) is 8.13. The zero-order valence-electron chi connectivity index (χ0n) is 16.1. The Kier molecular flexibility index (Phi) is 7.12. The highest BCUT2D eigenvalue weighted by Gasteiger charge is 2.38. The lowest BCUT2D eigenvalue weighted by Gasteiger charge is -2.14. The van der Waals surface area contributed by atoms with Gasteiger partial charge in [-0.05, 0) is 42.3 Å². The highest BCUT2D eigenvalue weighted by atomic mass is 35.5. The van der Waals surface area contributed by atoms with Crippen LogP contribution in [0.4, 0.5) is 11.4 Å². The average molecular weight is 428 g/mol. The molecule has 1 aliphatic rings. The minimum Gasteiger partial charge on any atom is -0.326 e. The molecule has 2 aromatic rings. The van der Waals surface area contributed by atoms with Crippen molar-refractivity contribution in [2.45, 2.75) is 25.0 Å². The largest absolute Gasteiger partial charge is 0.326 e. The van der Waals surface area contributed by atoms with Crippen LogP contribution in [-0.2, 0) is 16.0 Å². The first kappa shape index (κ1) is 21.1. The summed E-state index contributed by atoms with van der Waals surface area (Å²) in [7, 11) is 0. The van der Waals surface area contributed by atoms with E-state index < -0.39 is 5.25 Å². The lowest BCUT2D eigenvalue weighted by molar-refractivity contribution is -0.127. The number of amides is 2. The molecule has 2 aromatic carbocycles. The van der Waals surface area contributed by atoms with Crippen molar-refractivity contribution < 1.29 is 9.59 Å². The number of benzene rings is 2. The Labute approximate surface area is 179 Å². The van der Waals surface area contributed by atoms with E-state index in [1.807, 2.05) is 24.3 Å². The minimum atomic E-state index is -0.525. The molecule has 0 spiro atoms. The zero-order valence-corrected chi connectivity index (χ0v) is 17.7. The van der Waals surface area contributed by atoms with E-state index in [4.69, 9.17) is 11.6 Å². The van der Waals surface area contributed by atoms with Gasteiger partial charge in [-0.2, -0.15) is 0 Å². The van der Waals surface area contributed by atoms with E-state index in [1.54, 1.807) is 35.2 Å². The Balaban J connectivity index is 1.73. The van der Waals surface area contributed by atoms with Gasteiger partial charge in [0.15, 0.2) is 5.17 Å². The molecule has 0 bridgehead atoms. The standard InChI is InChI=1S/C22H22ClN3O2S/c1-3-12-26-21(28)19(14-20(27)24-18-7-5-6-16(23)13-18)29-22(26)25-17-10-8-15(4-2)9-11-17/h3,5-11,13,19H,1,4,12,14H2,2H3,(H,24,27). The molecule has 1 saturated heterocycles. The van der Waals surface area contributed by atoms with Crippen LogP contribution in [0, 0.1) is 0 Å². The van der Waals surface area contributed by atoms with Crippen molar-refractivity contribution in [2.24, 2.45) is 4.99 Å². The Morgan fingerprint density at radius 1 is 1.31 bits per heavy atom. The number of aryl methyl sites for hydroxylation is 1. The zero-order chi connectivity index (χ0) is 20.8. The van der Waals surface area contributed by atoms with E-state index in [9.17, 15) is 9.59 Å². The average Bonchev–Trinajstić information content (AvgIpc) is 2.97. The fourth-order valence-corrected chi connectivity index (χ4v) is 4.24.